The highest BCUT2D eigenvalue weighted by atomic mass is 16.4. The van der Waals surface area contributed by atoms with E-state index in [1.165, 1.54) is 11.3 Å². The molecule has 6 heteroatoms. The van der Waals surface area contributed by atoms with Crippen molar-refractivity contribution in [1.29, 1.82) is 0 Å². The Bertz CT molecular complexity index is 366. The van der Waals surface area contributed by atoms with Crippen LogP contribution in [0.3, 0.4) is 0 Å². The molecule has 0 saturated carbocycles. The van der Waals surface area contributed by atoms with E-state index in [1.54, 1.807) is 4.90 Å². The lowest BCUT2D eigenvalue weighted by Crippen LogP contribution is -2.50. The van der Waals surface area contributed by atoms with Gasteiger partial charge in [0.05, 0.1) is 6.10 Å². The molecule has 0 spiro atoms. The van der Waals surface area contributed by atoms with Gasteiger partial charge >= 0.3 is 12.0 Å². The van der Waals surface area contributed by atoms with Gasteiger partial charge < -0.3 is 20.0 Å². The van der Waals surface area contributed by atoms with E-state index in [9.17, 15) is 14.7 Å². The molecule has 2 saturated heterocycles. The maximum Gasteiger partial charge on any atom is 0.326 e. The average molecular weight is 284 g/mol. The number of rotatable bonds is 3. The van der Waals surface area contributed by atoms with Crippen molar-refractivity contribution in [3.8, 4) is 0 Å². The van der Waals surface area contributed by atoms with Crippen LogP contribution in [-0.2, 0) is 4.79 Å². The number of carbonyl (C=O) groups excluding carboxylic acids is 1. The smallest absolute Gasteiger partial charge is 0.326 e. The molecule has 2 atom stereocenters. The number of aliphatic hydroxyl groups is 1. The standard InChI is InChI=1S/C14H24N2O4/c1-2-3-10-4-6-15(7-5-10)14(20)16-9-11(17)8-12(16)13(18)19/h10-12,17H,2-9H2,1H3,(H,18,19)/t11-,12+/m1/s1. The summed E-state index contributed by atoms with van der Waals surface area (Å²) in [7, 11) is 0. The SMILES string of the molecule is CCCC1CCN(C(=O)N2C[C@H](O)C[C@H]2C(=O)O)CC1. The number of aliphatic hydroxyl groups excluding tert-OH is 1. The van der Waals surface area contributed by atoms with Crippen molar-refractivity contribution in [2.45, 2.75) is 51.2 Å². The highest BCUT2D eigenvalue weighted by Gasteiger charge is 2.41. The van der Waals surface area contributed by atoms with Crippen LogP contribution in [0, 0.1) is 5.92 Å². The van der Waals surface area contributed by atoms with Crippen molar-refractivity contribution < 1.29 is 19.8 Å². The largest absolute Gasteiger partial charge is 0.480 e. The molecule has 0 bridgehead atoms. The summed E-state index contributed by atoms with van der Waals surface area (Å²) in [4.78, 5) is 26.6. The normalized spacial score (nSPS) is 27.9. The number of aliphatic carboxylic acids is 1. The molecule has 0 unspecified atom stereocenters. The molecule has 114 valence electrons. The Balaban J connectivity index is 1.93. The number of urea groups is 1. The third kappa shape index (κ3) is 3.23. The predicted molar refractivity (Wildman–Crippen MR) is 73.4 cm³/mol. The van der Waals surface area contributed by atoms with E-state index in [2.05, 4.69) is 6.92 Å². The fourth-order valence-electron chi connectivity index (χ4n) is 3.26. The third-order valence-electron chi connectivity index (χ3n) is 4.39. The molecular formula is C14H24N2O4. The number of carboxylic acids is 1. The van der Waals surface area contributed by atoms with Crippen LogP contribution in [0.15, 0.2) is 0 Å². The first kappa shape index (κ1) is 15.1. The van der Waals surface area contributed by atoms with Crippen LogP contribution >= 0.6 is 0 Å². The molecule has 0 aromatic carbocycles. The van der Waals surface area contributed by atoms with Gasteiger partial charge in [-0.05, 0) is 18.8 Å². The predicted octanol–water partition coefficient (Wildman–Crippen LogP) is 1.14. The topological polar surface area (TPSA) is 81.1 Å². The van der Waals surface area contributed by atoms with Crippen LogP contribution in [0.5, 0.6) is 0 Å². The quantitative estimate of drug-likeness (QED) is 0.814. The minimum Gasteiger partial charge on any atom is -0.480 e. The van der Waals surface area contributed by atoms with E-state index in [1.807, 2.05) is 0 Å². The van der Waals surface area contributed by atoms with Crippen LogP contribution in [-0.4, -0.2) is 63.8 Å². The van der Waals surface area contributed by atoms with E-state index in [0.717, 1.165) is 19.3 Å². The Labute approximate surface area is 119 Å². The van der Waals surface area contributed by atoms with Crippen molar-refractivity contribution in [1.82, 2.24) is 9.80 Å². The molecule has 0 radical (unpaired) electrons. The number of nitrogens with zero attached hydrogens (tertiary/aromatic N) is 2. The highest BCUT2D eigenvalue weighted by Crippen LogP contribution is 2.25. The molecule has 2 heterocycles. The summed E-state index contributed by atoms with van der Waals surface area (Å²) >= 11 is 0. The van der Waals surface area contributed by atoms with Gasteiger partial charge in [0.1, 0.15) is 6.04 Å². The van der Waals surface area contributed by atoms with Crippen LogP contribution in [0.4, 0.5) is 4.79 Å². The van der Waals surface area contributed by atoms with E-state index >= 15 is 0 Å². The lowest BCUT2D eigenvalue weighted by atomic mass is 9.93. The molecule has 2 amide bonds. The van der Waals surface area contributed by atoms with Gasteiger partial charge in [-0.1, -0.05) is 19.8 Å². The van der Waals surface area contributed by atoms with E-state index < -0.39 is 18.1 Å². The number of hydrogen-bond donors (Lipinski definition) is 2. The van der Waals surface area contributed by atoms with Crippen LogP contribution in [0.25, 0.3) is 0 Å². The van der Waals surface area contributed by atoms with Crippen molar-refractivity contribution >= 4 is 12.0 Å². The molecule has 2 fully saturated rings. The van der Waals surface area contributed by atoms with Gasteiger partial charge in [-0.15, -0.1) is 0 Å². The first-order valence-corrected chi connectivity index (χ1v) is 7.49. The lowest BCUT2D eigenvalue weighted by molar-refractivity contribution is -0.141. The fraction of sp³-hybridized carbons (Fsp3) is 0.857. The lowest BCUT2D eigenvalue weighted by Gasteiger charge is -2.35. The summed E-state index contributed by atoms with van der Waals surface area (Å²) in [5.41, 5.74) is 0. The molecule has 0 aliphatic carbocycles. The first-order chi connectivity index (χ1) is 9.52. The molecule has 2 N–H and O–H groups in total. The molecule has 2 aliphatic heterocycles. The van der Waals surface area contributed by atoms with Crippen LogP contribution < -0.4 is 0 Å². The number of carboxylic acid groups (broad SMARTS) is 1. The minimum atomic E-state index is -1.03. The van der Waals surface area contributed by atoms with Crippen molar-refractivity contribution in [3.05, 3.63) is 0 Å². The Hall–Kier alpha value is -1.30. The second-order valence-corrected chi connectivity index (χ2v) is 5.90. The fourth-order valence-corrected chi connectivity index (χ4v) is 3.26. The Morgan fingerprint density at radius 1 is 1.25 bits per heavy atom. The van der Waals surface area contributed by atoms with Crippen molar-refractivity contribution in [2.24, 2.45) is 5.92 Å². The minimum absolute atomic E-state index is 0.130. The van der Waals surface area contributed by atoms with Gasteiger partial charge in [0.25, 0.3) is 0 Å². The van der Waals surface area contributed by atoms with Crippen LogP contribution in [0.1, 0.15) is 39.0 Å². The van der Waals surface area contributed by atoms with Gasteiger partial charge in [-0.3, -0.25) is 0 Å². The molecule has 0 aromatic heterocycles. The number of hydrogen-bond acceptors (Lipinski definition) is 3. The number of carbonyl (C=O) groups is 2. The van der Waals surface area contributed by atoms with Gasteiger partial charge in [0, 0.05) is 26.1 Å². The molecule has 6 nitrogen and oxygen atoms in total. The average Bonchev–Trinajstić information content (AvgIpc) is 2.81. The summed E-state index contributed by atoms with van der Waals surface area (Å²) < 4.78 is 0. The summed E-state index contributed by atoms with van der Waals surface area (Å²) in [5.74, 6) is -0.348. The van der Waals surface area contributed by atoms with Gasteiger partial charge in [-0.25, -0.2) is 9.59 Å². The zero-order valence-electron chi connectivity index (χ0n) is 12.0. The van der Waals surface area contributed by atoms with E-state index in [4.69, 9.17) is 5.11 Å². The number of piperidine rings is 1. The second kappa shape index (κ2) is 6.43. The number of β-amino-alcohol motifs (C(OH)–C–C–N with tert-alkyl or cyclic N) is 1. The molecule has 0 aromatic rings. The summed E-state index contributed by atoms with van der Waals surface area (Å²) in [5, 5.41) is 18.7. The third-order valence-corrected chi connectivity index (χ3v) is 4.39. The van der Waals surface area contributed by atoms with Crippen molar-refractivity contribution in [2.75, 3.05) is 19.6 Å². The monoisotopic (exact) mass is 284 g/mol. The molecule has 2 rings (SSSR count). The maximum atomic E-state index is 12.4. The zero-order chi connectivity index (χ0) is 14.7. The molecule has 2 aliphatic rings. The van der Waals surface area contributed by atoms with E-state index in [0.29, 0.717) is 19.0 Å². The Morgan fingerprint density at radius 2 is 1.90 bits per heavy atom. The summed E-state index contributed by atoms with van der Waals surface area (Å²) in [6, 6.07) is -1.12. The maximum absolute atomic E-state index is 12.4. The first-order valence-electron chi connectivity index (χ1n) is 7.49. The second-order valence-electron chi connectivity index (χ2n) is 5.90. The Morgan fingerprint density at radius 3 is 2.45 bits per heavy atom. The summed E-state index contributed by atoms with van der Waals surface area (Å²) in [6.45, 7) is 3.69. The van der Waals surface area contributed by atoms with E-state index in [-0.39, 0.29) is 19.0 Å². The van der Waals surface area contributed by atoms with Crippen LogP contribution in [0.2, 0.25) is 0 Å². The van der Waals surface area contributed by atoms with Gasteiger partial charge in [-0.2, -0.15) is 0 Å². The van der Waals surface area contributed by atoms with Gasteiger partial charge in [0.15, 0.2) is 0 Å². The summed E-state index contributed by atoms with van der Waals surface area (Å²) in [6.07, 6.45) is 3.76. The Kier molecular flexibility index (Phi) is 4.86. The number of likely N-dealkylation sites (tertiary alicyclic amines) is 2. The van der Waals surface area contributed by atoms with Gasteiger partial charge in [0.2, 0.25) is 0 Å². The molecular weight excluding hydrogens is 260 g/mol. The zero-order valence-corrected chi connectivity index (χ0v) is 12.0. The highest BCUT2D eigenvalue weighted by molar-refractivity contribution is 5.83. The molecule has 20 heavy (non-hydrogen) atoms. The van der Waals surface area contributed by atoms with Crippen molar-refractivity contribution in [3.63, 3.8) is 0 Å². The number of amides is 2.